The van der Waals surface area contributed by atoms with Gasteiger partial charge >= 0.3 is 0 Å². The molecule has 3 aromatic heterocycles. The largest absolute Gasteiger partial charge is 0.378 e. The van der Waals surface area contributed by atoms with Gasteiger partial charge in [0.1, 0.15) is 23.5 Å². The Hall–Kier alpha value is -4.45. The third-order valence-corrected chi connectivity index (χ3v) is 8.91. The summed E-state index contributed by atoms with van der Waals surface area (Å²) >= 11 is 0. The number of hydrogen-bond acceptors (Lipinski definition) is 9. The summed E-state index contributed by atoms with van der Waals surface area (Å²) in [6.07, 6.45) is 9.09. The first-order valence-electron chi connectivity index (χ1n) is 16.4. The summed E-state index contributed by atoms with van der Waals surface area (Å²) in [4.78, 5) is 49.4. The first-order valence-corrected chi connectivity index (χ1v) is 16.4. The number of amides is 1. The topological polar surface area (TPSA) is 120 Å². The Kier molecular flexibility index (Phi) is 10.4. The van der Waals surface area contributed by atoms with Crippen LogP contribution in [0.25, 0.3) is 22.3 Å². The molecule has 2 aliphatic rings. The third kappa shape index (κ3) is 8.10. The highest BCUT2D eigenvalue weighted by atomic mass is 16.5. The molecule has 2 aliphatic heterocycles. The van der Waals surface area contributed by atoms with Crippen LogP contribution in [-0.4, -0.2) is 108 Å². The van der Waals surface area contributed by atoms with Gasteiger partial charge in [-0.2, -0.15) is 0 Å². The number of hydrogen-bond donors (Lipinski definition) is 2. The molecule has 2 saturated heterocycles. The number of carbonyl (C=O) groups excluding carboxylic acids is 2. The lowest BCUT2D eigenvalue weighted by Gasteiger charge is -2.33. The number of benzene rings is 1. The first kappa shape index (κ1) is 32.5. The molecule has 2 fully saturated rings. The van der Waals surface area contributed by atoms with Crippen molar-refractivity contribution >= 4 is 28.5 Å². The van der Waals surface area contributed by atoms with Crippen molar-refractivity contribution in [2.45, 2.75) is 38.8 Å². The number of likely N-dealkylation sites (tertiary alicyclic amines) is 1. The minimum absolute atomic E-state index is 0.00133. The number of aromatic amines is 1. The van der Waals surface area contributed by atoms with Gasteiger partial charge in [0.15, 0.2) is 5.78 Å². The van der Waals surface area contributed by atoms with Crippen LogP contribution in [0.4, 0.5) is 5.82 Å². The fraction of sp³-hybridized carbons (Fsp3) is 0.417. The number of piperidine rings is 1. The average molecular weight is 637 g/mol. The number of aromatic nitrogens is 4. The standard InChI is InChI=1S/C36H44N8O3/c1-25-28(22-43-15-4-6-29(23-43)40-33(46)7-5-14-42(2)3)12-13-37-34(25)32(45)20-26-8-10-27(11-9-26)31-21-30-35(41-31)38-24-39-36(30)44-16-18-47-19-17-44/h5,7-13,21,24,29H,4,6,14-20,22-23H2,1-3H3,(H,40,46)(H,38,39,41)/b7-5+. The molecule has 0 bridgehead atoms. The molecule has 1 amide bonds. The van der Waals surface area contributed by atoms with Crippen LogP contribution in [0.5, 0.6) is 0 Å². The number of fused-ring (bicyclic) bond motifs is 1. The van der Waals surface area contributed by atoms with Crippen molar-refractivity contribution < 1.29 is 14.3 Å². The van der Waals surface area contributed by atoms with Gasteiger partial charge in [0, 0.05) is 63.2 Å². The third-order valence-electron chi connectivity index (χ3n) is 8.91. The van der Waals surface area contributed by atoms with E-state index >= 15 is 0 Å². The molecule has 1 atom stereocenters. The number of rotatable bonds is 11. The molecule has 4 aromatic rings. The molecule has 0 spiro atoms. The highest BCUT2D eigenvalue weighted by molar-refractivity contribution is 5.97. The Morgan fingerprint density at radius 1 is 1.09 bits per heavy atom. The Bertz CT molecular complexity index is 1730. The molecule has 1 unspecified atom stereocenters. The summed E-state index contributed by atoms with van der Waals surface area (Å²) in [5.74, 6) is 0.873. The number of anilines is 1. The van der Waals surface area contributed by atoms with Crippen molar-refractivity contribution in [1.29, 1.82) is 0 Å². The summed E-state index contributed by atoms with van der Waals surface area (Å²) < 4.78 is 5.51. The summed E-state index contributed by atoms with van der Waals surface area (Å²) in [5.41, 5.74) is 6.24. The molecule has 246 valence electrons. The predicted octanol–water partition coefficient (Wildman–Crippen LogP) is 3.79. The SMILES string of the molecule is Cc1c(CN2CCCC(NC(=O)/C=C/CN(C)C)C2)ccnc1C(=O)Cc1ccc(-c2cc3c(N4CCOCC4)ncnc3[nH]2)cc1. The Morgan fingerprint density at radius 3 is 2.68 bits per heavy atom. The maximum Gasteiger partial charge on any atom is 0.243 e. The molecule has 1 aromatic carbocycles. The van der Waals surface area contributed by atoms with Crippen molar-refractivity contribution in [1.82, 2.24) is 35.1 Å². The van der Waals surface area contributed by atoms with Gasteiger partial charge in [0.25, 0.3) is 0 Å². The minimum Gasteiger partial charge on any atom is -0.378 e. The van der Waals surface area contributed by atoms with Crippen molar-refractivity contribution in [3.63, 3.8) is 0 Å². The van der Waals surface area contributed by atoms with Gasteiger partial charge in [-0.25, -0.2) is 9.97 Å². The predicted molar refractivity (Wildman–Crippen MR) is 184 cm³/mol. The van der Waals surface area contributed by atoms with E-state index in [2.05, 4.69) is 41.1 Å². The second-order valence-electron chi connectivity index (χ2n) is 12.7. The second-order valence-corrected chi connectivity index (χ2v) is 12.7. The van der Waals surface area contributed by atoms with Gasteiger partial charge in [-0.1, -0.05) is 30.3 Å². The van der Waals surface area contributed by atoms with E-state index in [1.54, 1.807) is 18.6 Å². The van der Waals surface area contributed by atoms with Crippen LogP contribution in [-0.2, 0) is 22.5 Å². The van der Waals surface area contributed by atoms with Crippen molar-refractivity contribution in [2.24, 2.45) is 0 Å². The smallest absolute Gasteiger partial charge is 0.243 e. The van der Waals surface area contributed by atoms with Gasteiger partial charge in [-0.05, 0) is 74.8 Å². The minimum atomic E-state index is -0.0479. The molecular formula is C36H44N8O3. The van der Waals surface area contributed by atoms with Crippen LogP contribution in [0.1, 0.15) is 40.0 Å². The second kappa shape index (κ2) is 15.0. The van der Waals surface area contributed by atoms with E-state index in [0.717, 1.165) is 90.4 Å². The number of pyridine rings is 1. The first-order chi connectivity index (χ1) is 22.8. The molecule has 0 radical (unpaired) electrons. The number of ether oxygens (including phenoxy) is 1. The van der Waals surface area contributed by atoms with Gasteiger partial charge in [-0.3, -0.25) is 19.5 Å². The van der Waals surface area contributed by atoms with Crippen LogP contribution in [0.2, 0.25) is 0 Å². The summed E-state index contributed by atoms with van der Waals surface area (Å²) in [7, 11) is 3.95. The number of H-pyrrole nitrogens is 1. The van der Waals surface area contributed by atoms with E-state index in [0.29, 0.717) is 25.5 Å². The lowest BCUT2D eigenvalue weighted by atomic mass is 9.98. The molecule has 0 saturated carbocycles. The lowest BCUT2D eigenvalue weighted by molar-refractivity contribution is -0.117. The fourth-order valence-corrected chi connectivity index (χ4v) is 6.39. The quantitative estimate of drug-likeness (QED) is 0.187. The van der Waals surface area contributed by atoms with E-state index in [1.807, 2.05) is 62.3 Å². The van der Waals surface area contributed by atoms with E-state index in [4.69, 9.17) is 4.74 Å². The molecular weight excluding hydrogens is 592 g/mol. The van der Waals surface area contributed by atoms with Crippen LogP contribution in [0, 0.1) is 6.92 Å². The number of nitrogens with one attached hydrogen (secondary N) is 2. The Labute approximate surface area is 276 Å². The van der Waals surface area contributed by atoms with Crippen LogP contribution < -0.4 is 10.2 Å². The molecule has 6 rings (SSSR count). The van der Waals surface area contributed by atoms with Crippen molar-refractivity contribution in [3.8, 4) is 11.3 Å². The number of likely N-dealkylation sites (N-methyl/N-ethyl adjacent to an activating group) is 1. The van der Waals surface area contributed by atoms with E-state index in [9.17, 15) is 9.59 Å². The zero-order valence-corrected chi connectivity index (χ0v) is 27.5. The van der Waals surface area contributed by atoms with Crippen LogP contribution >= 0.6 is 0 Å². The molecule has 0 aliphatic carbocycles. The number of Topliss-reactive ketones (excluding diaryl/α,β-unsaturated/α-hetero) is 1. The number of nitrogens with zero attached hydrogens (tertiary/aromatic N) is 6. The van der Waals surface area contributed by atoms with E-state index in [-0.39, 0.29) is 24.2 Å². The summed E-state index contributed by atoms with van der Waals surface area (Å²) in [5, 5.41) is 4.14. The summed E-state index contributed by atoms with van der Waals surface area (Å²) in [6, 6.07) is 12.3. The van der Waals surface area contributed by atoms with Crippen LogP contribution in [0.3, 0.4) is 0 Å². The lowest BCUT2D eigenvalue weighted by Crippen LogP contribution is -2.47. The Morgan fingerprint density at radius 2 is 1.89 bits per heavy atom. The molecule has 11 nitrogen and oxygen atoms in total. The fourth-order valence-electron chi connectivity index (χ4n) is 6.39. The van der Waals surface area contributed by atoms with Crippen molar-refractivity contribution in [3.05, 3.63) is 83.5 Å². The molecule has 2 N–H and O–H groups in total. The van der Waals surface area contributed by atoms with Crippen LogP contribution in [0.15, 0.2) is 61.1 Å². The van der Waals surface area contributed by atoms with E-state index in [1.165, 1.54) is 0 Å². The van der Waals surface area contributed by atoms with E-state index < -0.39 is 0 Å². The molecule has 11 heteroatoms. The monoisotopic (exact) mass is 636 g/mol. The number of morpholine rings is 1. The van der Waals surface area contributed by atoms with Gasteiger partial charge in [0.2, 0.25) is 5.91 Å². The maximum atomic E-state index is 13.5. The van der Waals surface area contributed by atoms with Crippen molar-refractivity contribution in [2.75, 3.05) is 64.9 Å². The number of carbonyl (C=O) groups is 2. The maximum absolute atomic E-state index is 13.5. The van der Waals surface area contributed by atoms with Gasteiger partial charge in [0.05, 0.1) is 18.6 Å². The normalized spacial score (nSPS) is 17.5. The zero-order valence-electron chi connectivity index (χ0n) is 27.5. The highest BCUT2D eigenvalue weighted by Crippen LogP contribution is 2.29. The Balaban J connectivity index is 1.08. The molecule has 5 heterocycles. The number of ketones is 1. The van der Waals surface area contributed by atoms with Gasteiger partial charge in [-0.15, -0.1) is 0 Å². The van der Waals surface area contributed by atoms with Gasteiger partial charge < -0.3 is 24.8 Å². The zero-order chi connectivity index (χ0) is 32.8. The molecule has 47 heavy (non-hydrogen) atoms. The average Bonchev–Trinajstić information content (AvgIpc) is 3.51. The highest BCUT2D eigenvalue weighted by Gasteiger charge is 2.23. The summed E-state index contributed by atoms with van der Waals surface area (Å²) in [6.45, 7) is 8.17.